The Morgan fingerprint density at radius 3 is 3.06 bits per heavy atom. The Bertz CT molecular complexity index is 429. The third-order valence-corrected chi connectivity index (χ3v) is 2.95. The summed E-state index contributed by atoms with van der Waals surface area (Å²) in [5.41, 5.74) is 2.99. The topological polar surface area (TPSA) is 52.6 Å². The molecule has 0 bridgehead atoms. The van der Waals surface area contributed by atoms with E-state index in [1.165, 1.54) is 5.56 Å². The van der Waals surface area contributed by atoms with Gasteiger partial charge in [0, 0.05) is 31.4 Å². The van der Waals surface area contributed by atoms with Crippen LogP contribution in [0.1, 0.15) is 22.8 Å². The number of fused-ring (bicyclic) bond motifs is 1. The number of carbonyl (C=O) groups excluding carboxylic acids is 1. The lowest BCUT2D eigenvalue weighted by molar-refractivity contribution is 0.0704. The zero-order valence-corrected chi connectivity index (χ0v) is 10.2. The van der Waals surface area contributed by atoms with Crippen LogP contribution in [0.5, 0.6) is 0 Å². The van der Waals surface area contributed by atoms with Gasteiger partial charge in [0.1, 0.15) is 0 Å². The minimum Gasteiger partial charge on any atom is -0.392 e. The molecule has 1 aliphatic heterocycles. The standard InChI is InChI=1S/C13H18N2O2/c1-9(16)8-15(2)13(17)11-4-3-10-5-6-14-12(10)7-11/h3-4,7,9,14,16H,5-6,8H2,1-2H3. The van der Waals surface area contributed by atoms with Crippen molar-refractivity contribution in [3.05, 3.63) is 29.3 Å². The second-order valence-electron chi connectivity index (χ2n) is 4.58. The summed E-state index contributed by atoms with van der Waals surface area (Å²) in [5, 5.41) is 12.5. The Morgan fingerprint density at radius 2 is 2.35 bits per heavy atom. The summed E-state index contributed by atoms with van der Waals surface area (Å²) in [4.78, 5) is 13.6. The van der Waals surface area contributed by atoms with E-state index in [4.69, 9.17) is 0 Å². The fraction of sp³-hybridized carbons (Fsp3) is 0.462. The van der Waals surface area contributed by atoms with Gasteiger partial charge in [-0.25, -0.2) is 0 Å². The van der Waals surface area contributed by atoms with Gasteiger partial charge in [0.05, 0.1) is 6.10 Å². The average Bonchev–Trinajstić information content (AvgIpc) is 2.73. The molecule has 0 spiro atoms. The van der Waals surface area contributed by atoms with Crippen molar-refractivity contribution in [2.75, 3.05) is 25.5 Å². The van der Waals surface area contributed by atoms with Gasteiger partial charge in [-0.05, 0) is 31.0 Å². The highest BCUT2D eigenvalue weighted by molar-refractivity contribution is 5.95. The summed E-state index contributed by atoms with van der Waals surface area (Å²) in [6.45, 7) is 2.97. The molecule has 0 radical (unpaired) electrons. The van der Waals surface area contributed by atoms with Crippen LogP contribution in [0.4, 0.5) is 5.69 Å². The van der Waals surface area contributed by atoms with Crippen molar-refractivity contribution in [2.45, 2.75) is 19.4 Å². The molecule has 1 amide bonds. The molecule has 4 nitrogen and oxygen atoms in total. The smallest absolute Gasteiger partial charge is 0.253 e. The van der Waals surface area contributed by atoms with Crippen molar-refractivity contribution >= 4 is 11.6 Å². The molecule has 0 saturated heterocycles. The highest BCUT2D eigenvalue weighted by atomic mass is 16.3. The minimum atomic E-state index is -0.503. The first kappa shape index (κ1) is 11.9. The molecular weight excluding hydrogens is 216 g/mol. The van der Waals surface area contributed by atoms with Crippen molar-refractivity contribution in [1.29, 1.82) is 0 Å². The number of hydrogen-bond acceptors (Lipinski definition) is 3. The molecule has 1 heterocycles. The number of aliphatic hydroxyl groups excluding tert-OH is 1. The third-order valence-electron chi connectivity index (χ3n) is 2.95. The van der Waals surface area contributed by atoms with E-state index in [0.29, 0.717) is 12.1 Å². The molecule has 4 heteroatoms. The maximum atomic E-state index is 12.1. The van der Waals surface area contributed by atoms with E-state index < -0.39 is 6.10 Å². The number of aliphatic hydroxyl groups is 1. The quantitative estimate of drug-likeness (QED) is 0.823. The van der Waals surface area contributed by atoms with Gasteiger partial charge in [-0.3, -0.25) is 4.79 Å². The SMILES string of the molecule is CC(O)CN(C)C(=O)c1ccc2c(c1)NCC2. The molecule has 0 aliphatic carbocycles. The van der Waals surface area contributed by atoms with Crippen LogP contribution in [0.2, 0.25) is 0 Å². The van der Waals surface area contributed by atoms with Gasteiger partial charge in [0.15, 0.2) is 0 Å². The fourth-order valence-electron chi connectivity index (χ4n) is 2.12. The Labute approximate surface area is 101 Å². The van der Waals surface area contributed by atoms with Gasteiger partial charge >= 0.3 is 0 Å². The van der Waals surface area contributed by atoms with Crippen molar-refractivity contribution in [2.24, 2.45) is 0 Å². The molecule has 2 N–H and O–H groups in total. The predicted molar refractivity (Wildman–Crippen MR) is 67.3 cm³/mol. The summed E-state index contributed by atoms with van der Waals surface area (Å²) in [6.07, 6.45) is 0.518. The lowest BCUT2D eigenvalue weighted by atomic mass is 10.1. The zero-order valence-electron chi connectivity index (χ0n) is 10.2. The Morgan fingerprint density at radius 1 is 1.59 bits per heavy atom. The maximum Gasteiger partial charge on any atom is 0.253 e. The van der Waals surface area contributed by atoms with Crippen molar-refractivity contribution in [3.63, 3.8) is 0 Å². The molecule has 2 rings (SSSR count). The Kier molecular flexibility index (Phi) is 3.33. The fourth-order valence-corrected chi connectivity index (χ4v) is 2.12. The van der Waals surface area contributed by atoms with E-state index >= 15 is 0 Å². The van der Waals surface area contributed by atoms with Crippen LogP contribution < -0.4 is 5.32 Å². The van der Waals surface area contributed by atoms with Crippen molar-refractivity contribution in [3.8, 4) is 0 Å². The zero-order chi connectivity index (χ0) is 12.4. The molecule has 92 valence electrons. The number of rotatable bonds is 3. The first-order valence-corrected chi connectivity index (χ1v) is 5.88. The Hall–Kier alpha value is -1.55. The maximum absolute atomic E-state index is 12.1. The van der Waals surface area contributed by atoms with Gasteiger partial charge < -0.3 is 15.3 Å². The molecule has 17 heavy (non-hydrogen) atoms. The van der Waals surface area contributed by atoms with Gasteiger partial charge in [-0.2, -0.15) is 0 Å². The lowest BCUT2D eigenvalue weighted by Gasteiger charge is -2.19. The van der Waals surface area contributed by atoms with E-state index in [1.54, 1.807) is 18.9 Å². The number of carbonyl (C=O) groups is 1. The number of nitrogens with one attached hydrogen (secondary N) is 1. The second-order valence-corrected chi connectivity index (χ2v) is 4.58. The van der Waals surface area contributed by atoms with Crippen LogP contribution in [0.15, 0.2) is 18.2 Å². The number of anilines is 1. The average molecular weight is 234 g/mol. The van der Waals surface area contributed by atoms with Crippen LogP contribution in [0, 0.1) is 0 Å². The minimum absolute atomic E-state index is 0.0533. The predicted octanol–water partition coefficient (Wildman–Crippen LogP) is 1.11. The molecule has 0 saturated carbocycles. The molecule has 1 atom stereocenters. The van der Waals surface area contributed by atoms with E-state index in [1.807, 2.05) is 18.2 Å². The largest absolute Gasteiger partial charge is 0.392 e. The second kappa shape index (κ2) is 4.75. The first-order chi connectivity index (χ1) is 8.08. The van der Waals surface area contributed by atoms with Gasteiger partial charge in [0.25, 0.3) is 5.91 Å². The number of likely N-dealkylation sites (N-methyl/N-ethyl adjacent to an activating group) is 1. The molecule has 1 aromatic rings. The normalized spacial score (nSPS) is 15.0. The van der Waals surface area contributed by atoms with Crippen LogP contribution in [0.3, 0.4) is 0 Å². The van der Waals surface area contributed by atoms with Crippen LogP contribution in [-0.4, -0.2) is 42.2 Å². The van der Waals surface area contributed by atoms with E-state index in [0.717, 1.165) is 18.7 Å². The van der Waals surface area contributed by atoms with Crippen LogP contribution in [0.25, 0.3) is 0 Å². The lowest BCUT2D eigenvalue weighted by Crippen LogP contribution is -2.33. The Balaban J connectivity index is 2.14. The van der Waals surface area contributed by atoms with Crippen molar-refractivity contribution in [1.82, 2.24) is 4.90 Å². The number of hydrogen-bond donors (Lipinski definition) is 2. The van der Waals surface area contributed by atoms with Gasteiger partial charge in [-0.15, -0.1) is 0 Å². The number of nitrogens with zero attached hydrogens (tertiary/aromatic N) is 1. The van der Waals surface area contributed by atoms with Gasteiger partial charge in [-0.1, -0.05) is 6.07 Å². The van der Waals surface area contributed by atoms with Gasteiger partial charge in [0.2, 0.25) is 0 Å². The summed E-state index contributed by atoms with van der Waals surface area (Å²) in [5.74, 6) is -0.0533. The number of benzene rings is 1. The summed E-state index contributed by atoms with van der Waals surface area (Å²) < 4.78 is 0. The van der Waals surface area contributed by atoms with Crippen molar-refractivity contribution < 1.29 is 9.90 Å². The molecule has 0 fully saturated rings. The third kappa shape index (κ3) is 2.58. The summed E-state index contributed by atoms with van der Waals surface area (Å²) in [6, 6.07) is 5.74. The van der Waals surface area contributed by atoms with Crippen LogP contribution >= 0.6 is 0 Å². The molecule has 1 aromatic carbocycles. The van der Waals surface area contributed by atoms with E-state index in [2.05, 4.69) is 5.32 Å². The molecule has 1 unspecified atom stereocenters. The van der Waals surface area contributed by atoms with E-state index in [-0.39, 0.29) is 5.91 Å². The molecule has 0 aromatic heterocycles. The molecule has 1 aliphatic rings. The highest BCUT2D eigenvalue weighted by Crippen LogP contribution is 2.23. The monoisotopic (exact) mass is 234 g/mol. The molecular formula is C13H18N2O2. The van der Waals surface area contributed by atoms with Crippen LogP contribution in [-0.2, 0) is 6.42 Å². The summed E-state index contributed by atoms with van der Waals surface area (Å²) >= 11 is 0. The summed E-state index contributed by atoms with van der Waals surface area (Å²) in [7, 11) is 1.70. The highest BCUT2D eigenvalue weighted by Gasteiger charge is 2.16. The van der Waals surface area contributed by atoms with E-state index in [9.17, 15) is 9.90 Å². The first-order valence-electron chi connectivity index (χ1n) is 5.88. The number of amides is 1.